The van der Waals surface area contributed by atoms with Gasteiger partial charge in [-0.15, -0.1) is 12.4 Å². The van der Waals surface area contributed by atoms with Crippen molar-refractivity contribution in [2.45, 2.75) is 12.0 Å². The number of aromatic hydroxyl groups is 1. The second-order valence-corrected chi connectivity index (χ2v) is 3.96. The molecule has 16 heavy (non-hydrogen) atoms. The largest absolute Gasteiger partial charge is 0.507 e. The molecule has 7 heteroatoms. The van der Waals surface area contributed by atoms with Gasteiger partial charge in [-0.3, -0.25) is 0 Å². The molecule has 0 unspecified atom stereocenters. The maximum Gasteiger partial charge on any atom is 0.289 e. The van der Waals surface area contributed by atoms with E-state index in [1.165, 1.54) is 18.2 Å². The third-order valence-corrected chi connectivity index (χ3v) is 2.63. The minimum Gasteiger partial charge on any atom is -0.507 e. The van der Waals surface area contributed by atoms with Crippen LogP contribution in [-0.2, 0) is 0 Å². The van der Waals surface area contributed by atoms with Gasteiger partial charge >= 0.3 is 0 Å². The molecule has 0 radical (unpaired) electrons. The van der Waals surface area contributed by atoms with Crippen molar-refractivity contribution in [3.63, 3.8) is 0 Å². The monoisotopic (exact) mass is 317 g/mol. The lowest BCUT2D eigenvalue weighted by Crippen LogP contribution is -2.36. The van der Waals surface area contributed by atoms with Crippen LogP contribution in [0.4, 0.5) is 8.78 Å². The van der Waals surface area contributed by atoms with E-state index in [0.717, 1.165) is 0 Å². The highest BCUT2D eigenvalue weighted by Crippen LogP contribution is 2.32. The normalized spacial score (nSPS) is 13.1. The van der Waals surface area contributed by atoms with Crippen LogP contribution in [0, 0.1) is 0 Å². The third-order valence-electron chi connectivity index (χ3n) is 2.00. The molecule has 0 aliphatic heterocycles. The Morgan fingerprint density at radius 1 is 1.44 bits per heavy atom. The Balaban J connectivity index is 0.00000225. The van der Waals surface area contributed by atoms with Crippen LogP contribution in [0.1, 0.15) is 11.6 Å². The highest BCUT2D eigenvalue weighted by molar-refractivity contribution is 9.10. The van der Waals surface area contributed by atoms with Crippen LogP contribution in [0.15, 0.2) is 22.7 Å². The Morgan fingerprint density at radius 3 is 2.44 bits per heavy atom. The van der Waals surface area contributed by atoms with Gasteiger partial charge in [0.15, 0.2) is 0 Å². The fraction of sp³-hybridized carbons (Fsp3) is 0.333. The van der Waals surface area contributed by atoms with E-state index in [9.17, 15) is 8.78 Å². The second kappa shape index (κ2) is 5.77. The average Bonchev–Trinajstić information content (AvgIpc) is 2.21. The zero-order valence-corrected chi connectivity index (χ0v) is 10.4. The lowest BCUT2D eigenvalue weighted by atomic mass is 10.0. The number of rotatable bonds is 3. The maximum atomic E-state index is 13.0. The van der Waals surface area contributed by atoms with E-state index >= 15 is 0 Å². The standard InChI is InChI=1S/C9H10BrF2NO2.ClH/c10-6-3-5(1-2-7(6)15)8(13)9(11,12)4-14;/h1-3,8,14-15H,4,13H2;1H/t8-;/m0./s1. The Hall–Kier alpha value is -0.430. The van der Waals surface area contributed by atoms with Gasteiger partial charge < -0.3 is 15.9 Å². The van der Waals surface area contributed by atoms with Crippen molar-refractivity contribution in [3.8, 4) is 5.75 Å². The van der Waals surface area contributed by atoms with Crippen molar-refractivity contribution in [2.24, 2.45) is 5.73 Å². The van der Waals surface area contributed by atoms with E-state index < -0.39 is 18.6 Å². The third kappa shape index (κ3) is 3.28. The van der Waals surface area contributed by atoms with Gasteiger partial charge in [-0.2, -0.15) is 0 Å². The fourth-order valence-electron chi connectivity index (χ4n) is 1.06. The molecule has 1 atom stereocenters. The number of hydrogen-bond acceptors (Lipinski definition) is 3. The highest BCUT2D eigenvalue weighted by atomic mass is 79.9. The molecule has 1 rings (SSSR count). The van der Waals surface area contributed by atoms with Crippen LogP contribution in [0.2, 0.25) is 0 Å². The molecule has 0 heterocycles. The predicted molar refractivity (Wildman–Crippen MR) is 62.0 cm³/mol. The molecule has 0 bridgehead atoms. The molecule has 92 valence electrons. The van der Waals surface area contributed by atoms with Crippen LogP contribution < -0.4 is 5.73 Å². The average molecular weight is 319 g/mol. The number of aliphatic hydroxyl groups is 1. The van der Waals surface area contributed by atoms with Crippen molar-refractivity contribution < 1.29 is 19.0 Å². The molecule has 0 fully saturated rings. The minimum absolute atomic E-state index is 0. The lowest BCUT2D eigenvalue weighted by Gasteiger charge is -2.21. The van der Waals surface area contributed by atoms with Gasteiger partial charge in [0.2, 0.25) is 0 Å². The molecule has 3 nitrogen and oxygen atoms in total. The minimum atomic E-state index is -3.38. The quantitative estimate of drug-likeness (QED) is 0.800. The lowest BCUT2D eigenvalue weighted by molar-refractivity contribution is -0.0712. The summed E-state index contributed by atoms with van der Waals surface area (Å²) in [5, 5.41) is 17.6. The van der Waals surface area contributed by atoms with Gasteiger partial charge in [-0.05, 0) is 33.6 Å². The molecule has 0 spiro atoms. The Labute approximate surface area is 106 Å². The molecule has 0 aliphatic carbocycles. The Morgan fingerprint density at radius 2 is 2.00 bits per heavy atom. The van der Waals surface area contributed by atoms with Crippen molar-refractivity contribution in [3.05, 3.63) is 28.2 Å². The first kappa shape index (κ1) is 15.6. The summed E-state index contributed by atoms with van der Waals surface area (Å²) in [7, 11) is 0. The zero-order chi connectivity index (χ0) is 11.6. The molecule has 0 aromatic heterocycles. The maximum absolute atomic E-state index is 13.0. The topological polar surface area (TPSA) is 66.5 Å². The van der Waals surface area contributed by atoms with Crippen LogP contribution in [0.25, 0.3) is 0 Å². The van der Waals surface area contributed by atoms with Crippen molar-refractivity contribution in [1.82, 2.24) is 0 Å². The van der Waals surface area contributed by atoms with Crippen LogP contribution >= 0.6 is 28.3 Å². The Kier molecular flexibility index (Phi) is 5.61. The SMILES string of the molecule is Cl.N[C@@H](c1ccc(O)c(Br)c1)C(F)(F)CO. The summed E-state index contributed by atoms with van der Waals surface area (Å²) in [6.45, 7) is -1.31. The van der Waals surface area contributed by atoms with Crippen molar-refractivity contribution in [2.75, 3.05) is 6.61 Å². The summed E-state index contributed by atoms with van der Waals surface area (Å²) < 4.78 is 26.3. The van der Waals surface area contributed by atoms with E-state index in [2.05, 4.69) is 15.9 Å². The van der Waals surface area contributed by atoms with E-state index in [0.29, 0.717) is 0 Å². The molecule has 1 aromatic carbocycles. The summed E-state index contributed by atoms with van der Waals surface area (Å²) >= 11 is 2.99. The Bertz CT molecular complexity index is 365. The number of hydrogen-bond donors (Lipinski definition) is 3. The van der Waals surface area contributed by atoms with Gasteiger partial charge in [0, 0.05) is 0 Å². The molecule has 0 saturated carbocycles. The molecular formula is C9H11BrClF2NO2. The number of phenols is 1. The number of aliphatic hydroxyl groups excluding tert-OH is 1. The second-order valence-electron chi connectivity index (χ2n) is 3.11. The zero-order valence-electron chi connectivity index (χ0n) is 8.03. The van der Waals surface area contributed by atoms with Crippen molar-refractivity contribution in [1.29, 1.82) is 0 Å². The molecule has 0 aliphatic rings. The van der Waals surface area contributed by atoms with Gasteiger partial charge in [0.1, 0.15) is 12.4 Å². The first-order valence-corrected chi connectivity index (χ1v) is 4.90. The van der Waals surface area contributed by atoms with Gasteiger partial charge in [-0.25, -0.2) is 8.78 Å². The first-order chi connectivity index (χ1) is 6.88. The predicted octanol–water partition coefficient (Wildman–Crippen LogP) is 2.20. The number of benzene rings is 1. The van der Waals surface area contributed by atoms with E-state index in [1.807, 2.05) is 0 Å². The van der Waals surface area contributed by atoms with E-state index in [-0.39, 0.29) is 28.2 Å². The summed E-state index contributed by atoms with van der Waals surface area (Å²) in [6, 6.07) is 2.24. The van der Waals surface area contributed by atoms with Crippen LogP contribution in [0.5, 0.6) is 5.75 Å². The first-order valence-electron chi connectivity index (χ1n) is 4.11. The summed E-state index contributed by atoms with van der Waals surface area (Å²) in [5.41, 5.74) is 5.43. The van der Waals surface area contributed by atoms with E-state index in [1.54, 1.807) is 0 Å². The fourth-order valence-corrected chi connectivity index (χ4v) is 1.46. The van der Waals surface area contributed by atoms with E-state index in [4.69, 9.17) is 15.9 Å². The van der Waals surface area contributed by atoms with Crippen molar-refractivity contribution >= 4 is 28.3 Å². The molecule has 1 aromatic rings. The molecule has 0 amide bonds. The number of halogens is 4. The number of alkyl halides is 2. The van der Waals surface area contributed by atoms with Crippen LogP contribution in [-0.4, -0.2) is 22.7 Å². The van der Waals surface area contributed by atoms with Gasteiger partial charge in [0.25, 0.3) is 5.92 Å². The summed E-state index contributed by atoms with van der Waals surface area (Å²) in [6.07, 6.45) is 0. The van der Waals surface area contributed by atoms with Gasteiger partial charge in [-0.1, -0.05) is 6.07 Å². The summed E-state index contributed by atoms with van der Waals surface area (Å²) in [4.78, 5) is 0. The summed E-state index contributed by atoms with van der Waals surface area (Å²) in [5.74, 6) is -3.44. The smallest absolute Gasteiger partial charge is 0.289 e. The molecule has 4 N–H and O–H groups in total. The molecule has 0 saturated heterocycles. The highest BCUT2D eigenvalue weighted by Gasteiger charge is 2.37. The van der Waals surface area contributed by atoms with Gasteiger partial charge in [0.05, 0.1) is 10.5 Å². The number of phenolic OH excluding ortho intramolecular Hbond substituents is 1. The number of nitrogens with two attached hydrogens (primary N) is 1. The van der Waals surface area contributed by atoms with Crippen LogP contribution in [0.3, 0.4) is 0 Å². The molecular weight excluding hydrogens is 307 g/mol.